The molecule has 1 atom stereocenters. The molecule has 0 bridgehead atoms. The zero-order valence-corrected chi connectivity index (χ0v) is 11.6. The van der Waals surface area contributed by atoms with Crippen molar-refractivity contribution in [3.8, 4) is 0 Å². The van der Waals surface area contributed by atoms with E-state index in [1.165, 1.54) is 6.42 Å². The van der Waals surface area contributed by atoms with Gasteiger partial charge < -0.3 is 14.6 Å². The summed E-state index contributed by atoms with van der Waals surface area (Å²) in [7, 11) is 0. The summed E-state index contributed by atoms with van der Waals surface area (Å²) >= 11 is 0. The third-order valence-corrected chi connectivity index (χ3v) is 3.64. The maximum atomic E-state index is 10.4. The fourth-order valence-electron chi connectivity index (χ4n) is 2.56. The van der Waals surface area contributed by atoms with Gasteiger partial charge in [-0.2, -0.15) is 0 Å². The number of rotatable bonds is 7. The lowest BCUT2D eigenvalue weighted by molar-refractivity contribution is -0.167. The Bertz CT molecular complexity index is 192. The molecule has 1 aliphatic rings. The highest BCUT2D eigenvalue weighted by atomic mass is 16.5. The predicted molar refractivity (Wildman–Crippen MR) is 69.1 cm³/mol. The molecule has 0 aromatic carbocycles. The molecule has 1 aliphatic heterocycles. The van der Waals surface area contributed by atoms with Gasteiger partial charge in [-0.25, -0.2) is 0 Å². The van der Waals surface area contributed by atoms with Gasteiger partial charge in [-0.3, -0.25) is 0 Å². The second-order valence-corrected chi connectivity index (χ2v) is 5.45. The van der Waals surface area contributed by atoms with Crippen molar-refractivity contribution in [2.24, 2.45) is 5.92 Å². The summed E-state index contributed by atoms with van der Waals surface area (Å²) < 4.78 is 11.2. The van der Waals surface area contributed by atoms with E-state index in [0.29, 0.717) is 25.7 Å². The lowest BCUT2D eigenvalue weighted by Crippen LogP contribution is -2.49. The van der Waals surface area contributed by atoms with Gasteiger partial charge in [0.15, 0.2) is 0 Å². The van der Waals surface area contributed by atoms with Crippen molar-refractivity contribution in [2.45, 2.75) is 64.6 Å². The smallest absolute Gasteiger partial charge is 0.0983 e. The Hall–Kier alpha value is -0.120. The normalized spacial score (nSPS) is 21.7. The van der Waals surface area contributed by atoms with E-state index < -0.39 is 0 Å². The molecular formula is C14H28O3. The molecular weight excluding hydrogens is 216 g/mol. The van der Waals surface area contributed by atoms with Crippen LogP contribution in [-0.2, 0) is 9.47 Å². The molecule has 0 radical (unpaired) electrons. The van der Waals surface area contributed by atoms with Crippen LogP contribution in [0.15, 0.2) is 0 Å². The minimum atomic E-state index is -0.343. The topological polar surface area (TPSA) is 38.7 Å². The van der Waals surface area contributed by atoms with Crippen LogP contribution < -0.4 is 0 Å². The summed E-state index contributed by atoms with van der Waals surface area (Å²) in [6.45, 7) is 8.53. The van der Waals surface area contributed by atoms with Gasteiger partial charge in [0.2, 0.25) is 0 Å². The summed E-state index contributed by atoms with van der Waals surface area (Å²) in [5, 5.41) is 10.4. The fraction of sp³-hybridized carbons (Fsp3) is 1.00. The Morgan fingerprint density at radius 1 is 1.24 bits per heavy atom. The molecule has 102 valence electrons. The number of ether oxygens (including phenoxy) is 2. The zero-order valence-electron chi connectivity index (χ0n) is 11.6. The Balaban J connectivity index is 2.44. The van der Waals surface area contributed by atoms with Crippen LogP contribution in [0.25, 0.3) is 0 Å². The molecule has 3 nitrogen and oxygen atoms in total. The van der Waals surface area contributed by atoms with Crippen LogP contribution in [0, 0.1) is 5.92 Å². The highest BCUT2D eigenvalue weighted by molar-refractivity contribution is 4.90. The van der Waals surface area contributed by atoms with Crippen LogP contribution in [0.3, 0.4) is 0 Å². The summed E-state index contributed by atoms with van der Waals surface area (Å²) in [5.74, 6) is 0.708. The fourth-order valence-corrected chi connectivity index (χ4v) is 2.56. The van der Waals surface area contributed by atoms with E-state index in [1.54, 1.807) is 0 Å². The van der Waals surface area contributed by atoms with Gasteiger partial charge in [0, 0.05) is 32.7 Å². The molecule has 1 N–H and O–H groups in total. The molecule has 1 saturated heterocycles. The van der Waals surface area contributed by atoms with Crippen molar-refractivity contribution in [1.82, 2.24) is 0 Å². The molecule has 0 spiro atoms. The number of aliphatic hydroxyl groups excluding tert-OH is 1. The molecule has 1 unspecified atom stereocenters. The minimum Gasteiger partial charge on any atom is -0.390 e. The van der Waals surface area contributed by atoms with E-state index in [2.05, 4.69) is 13.8 Å². The molecule has 0 aromatic heterocycles. The van der Waals surface area contributed by atoms with E-state index in [0.717, 1.165) is 25.7 Å². The first-order valence-corrected chi connectivity index (χ1v) is 7.00. The number of hydrogen-bond donors (Lipinski definition) is 1. The van der Waals surface area contributed by atoms with E-state index in [9.17, 15) is 5.11 Å². The highest BCUT2D eigenvalue weighted by Gasteiger charge is 2.39. The molecule has 1 rings (SSSR count). The average Bonchev–Trinajstić information content (AvgIpc) is 2.30. The summed E-state index contributed by atoms with van der Waals surface area (Å²) in [5.41, 5.74) is -0.343. The van der Waals surface area contributed by atoms with Crippen LogP contribution in [0.1, 0.15) is 52.9 Å². The molecule has 0 aromatic rings. The average molecular weight is 244 g/mol. The van der Waals surface area contributed by atoms with Crippen LogP contribution in [0.5, 0.6) is 0 Å². The third kappa shape index (κ3) is 4.57. The Kier molecular flexibility index (Phi) is 6.45. The predicted octanol–water partition coefficient (Wildman–Crippen LogP) is 2.76. The van der Waals surface area contributed by atoms with Gasteiger partial charge in [0.25, 0.3) is 0 Å². The number of aliphatic hydroxyl groups is 1. The van der Waals surface area contributed by atoms with E-state index >= 15 is 0 Å². The quantitative estimate of drug-likeness (QED) is 0.748. The largest absolute Gasteiger partial charge is 0.390 e. The van der Waals surface area contributed by atoms with Crippen LogP contribution in [0.4, 0.5) is 0 Å². The highest BCUT2D eigenvalue weighted by Crippen LogP contribution is 2.31. The van der Waals surface area contributed by atoms with Crippen molar-refractivity contribution < 1.29 is 14.6 Å². The Morgan fingerprint density at radius 2 is 1.88 bits per heavy atom. The molecule has 1 heterocycles. The Labute approximate surface area is 105 Å². The van der Waals surface area contributed by atoms with E-state index in [1.807, 2.05) is 6.92 Å². The van der Waals surface area contributed by atoms with Crippen LogP contribution in [0.2, 0.25) is 0 Å². The van der Waals surface area contributed by atoms with Crippen molar-refractivity contribution in [3.05, 3.63) is 0 Å². The van der Waals surface area contributed by atoms with Gasteiger partial charge in [0.1, 0.15) is 0 Å². The van der Waals surface area contributed by atoms with Gasteiger partial charge in [-0.15, -0.1) is 0 Å². The second kappa shape index (κ2) is 7.34. The molecule has 0 aliphatic carbocycles. The van der Waals surface area contributed by atoms with Crippen LogP contribution >= 0.6 is 0 Å². The van der Waals surface area contributed by atoms with E-state index in [4.69, 9.17) is 9.47 Å². The van der Waals surface area contributed by atoms with Gasteiger partial charge in [-0.1, -0.05) is 26.7 Å². The first kappa shape index (κ1) is 14.9. The SMILES string of the molecule is CCOC1(C(O)CCCC(C)C)CCOCC1. The Morgan fingerprint density at radius 3 is 2.41 bits per heavy atom. The summed E-state index contributed by atoms with van der Waals surface area (Å²) in [6.07, 6.45) is 4.40. The molecule has 1 fully saturated rings. The second-order valence-electron chi connectivity index (χ2n) is 5.45. The molecule has 17 heavy (non-hydrogen) atoms. The first-order valence-electron chi connectivity index (χ1n) is 7.00. The lowest BCUT2D eigenvalue weighted by Gasteiger charge is -2.40. The molecule has 3 heteroatoms. The minimum absolute atomic E-state index is 0.343. The first-order chi connectivity index (χ1) is 8.10. The maximum absolute atomic E-state index is 10.4. The third-order valence-electron chi connectivity index (χ3n) is 3.64. The van der Waals surface area contributed by atoms with Gasteiger partial charge in [-0.05, 0) is 19.3 Å². The van der Waals surface area contributed by atoms with Gasteiger partial charge in [0.05, 0.1) is 11.7 Å². The van der Waals surface area contributed by atoms with Crippen molar-refractivity contribution in [2.75, 3.05) is 19.8 Å². The summed E-state index contributed by atoms with van der Waals surface area (Å²) in [6, 6.07) is 0. The molecule has 0 amide bonds. The maximum Gasteiger partial charge on any atom is 0.0983 e. The van der Waals surface area contributed by atoms with Gasteiger partial charge >= 0.3 is 0 Å². The zero-order chi connectivity index (χ0) is 12.7. The van der Waals surface area contributed by atoms with Crippen molar-refractivity contribution in [1.29, 1.82) is 0 Å². The monoisotopic (exact) mass is 244 g/mol. The van der Waals surface area contributed by atoms with Crippen molar-refractivity contribution in [3.63, 3.8) is 0 Å². The number of hydrogen-bond acceptors (Lipinski definition) is 3. The van der Waals surface area contributed by atoms with Crippen molar-refractivity contribution >= 4 is 0 Å². The molecule has 0 saturated carbocycles. The standard InChI is InChI=1S/C14H28O3/c1-4-17-14(8-10-16-11-9-14)13(15)7-5-6-12(2)3/h12-13,15H,4-11H2,1-3H3. The van der Waals surface area contributed by atoms with Crippen LogP contribution in [-0.4, -0.2) is 36.6 Å². The summed E-state index contributed by atoms with van der Waals surface area (Å²) in [4.78, 5) is 0. The lowest BCUT2D eigenvalue weighted by atomic mass is 9.85. The van der Waals surface area contributed by atoms with E-state index in [-0.39, 0.29) is 11.7 Å².